The Morgan fingerprint density at radius 3 is 1.60 bits per heavy atom. The molecule has 1 aliphatic heterocycles. The van der Waals surface area contributed by atoms with Crippen molar-refractivity contribution in [2.45, 2.75) is 25.9 Å². The van der Waals surface area contributed by atoms with Crippen LogP contribution in [0.1, 0.15) is 13.8 Å². The first kappa shape index (κ1) is 7.05. The SMILES string of the molecule is C[C@@H]1NC(=O)C(=O)N[C@@H]1C. The number of rotatable bonds is 0. The van der Waals surface area contributed by atoms with Crippen LogP contribution in [-0.2, 0) is 9.59 Å². The molecule has 2 atom stereocenters. The zero-order chi connectivity index (χ0) is 7.72. The average molecular weight is 142 g/mol. The van der Waals surface area contributed by atoms with Crippen molar-refractivity contribution >= 4 is 11.8 Å². The normalized spacial score (nSPS) is 33.0. The molecule has 1 saturated heterocycles. The lowest BCUT2D eigenvalue weighted by molar-refractivity contribution is -0.142. The first-order valence-corrected chi connectivity index (χ1v) is 3.22. The monoisotopic (exact) mass is 142 g/mol. The number of piperazine rings is 1. The molecule has 4 heteroatoms. The summed E-state index contributed by atoms with van der Waals surface area (Å²) in [5, 5.41) is 5.06. The molecule has 0 aromatic rings. The second-order valence-corrected chi connectivity index (χ2v) is 2.52. The summed E-state index contributed by atoms with van der Waals surface area (Å²) in [4.78, 5) is 21.3. The van der Waals surface area contributed by atoms with Gasteiger partial charge in [-0.2, -0.15) is 0 Å². The lowest BCUT2D eigenvalue weighted by atomic mass is 10.1. The highest BCUT2D eigenvalue weighted by Crippen LogP contribution is 1.96. The molecule has 0 aromatic carbocycles. The second-order valence-electron chi connectivity index (χ2n) is 2.52. The van der Waals surface area contributed by atoms with Crippen LogP contribution in [0.3, 0.4) is 0 Å². The molecular formula is C6H10N2O2. The van der Waals surface area contributed by atoms with E-state index in [1.54, 1.807) is 0 Å². The number of hydrogen-bond acceptors (Lipinski definition) is 2. The van der Waals surface area contributed by atoms with Crippen molar-refractivity contribution in [3.63, 3.8) is 0 Å². The summed E-state index contributed by atoms with van der Waals surface area (Å²) in [5.41, 5.74) is 0. The van der Waals surface area contributed by atoms with Gasteiger partial charge < -0.3 is 10.6 Å². The van der Waals surface area contributed by atoms with E-state index in [2.05, 4.69) is 10.6 Å². The number of hydrogen-bond donors (Lipinski definition) is 2. The fourth-order valence-corrected chi connectivity index (χ4v) is 0.795. The highest BCUT2D eigenvalue weighted by atomic mass is 16.2. The molecule has 0 aromatic heterocycles. The molecular weight excluding hydrogens is 132 g/mol. The molecule has 0 saturated carbocycles. The fraction of sp³-hybridized carbons (Fsp3) is 0.667. The van der Waals surface area contributed by atoms with Crippen LogP contribution in [0.4, 0.5) is 0 Å². The van der Waals surface area contributed by atoms with Crippen LogP contribution < -0.4 is 10.6 Å². The van der Waals surface area contributed by atoms with Crippen LogP contribution in [0.2, 0.25) is 0 Å². The van der Waals surface area contributed by atoms with Gasteiger partial charge in [0.1, 0.15) is 0 Å². The summed E-state index contributed by atoms with van der Waals surface area (Å²) in [6.45, 7) is 3.70. The molecule has 0 unspecified atom stereocenters. The van der Waals surface area contributed by atoms with Crippen molar-refractivity contribution in [2.24, 2.45) is 0 Å². The Morgan fingerprint density at radius 2 is 1.30 bits per heavy atom. The van der Waals surface area contributed by atoms with E-state index in [4.69, 9.17) is 0 Å². The maximum absolute atomic E-state index is 10.6. The van der Waals surface area contributed by atoms with Gasteiger partial charge in [0.25, 0.3) is 0 Å². The summed E-state index contributed by atoms with van der Waals surface area (Å²) >= 11 is 0. The summed E-state index contributed by atoms with van der Waals surface area (Å²) in [7, 11) is 0. The number of carbonyl (C=O) groups excluding carboxylic acids is 2. The first-order chi connectivity index (χ1) is 4.61. The Kier molecular flexibility index (Phi) is 1.61. The highest BCUT2D eigenvalue weighted by molar-refractivity contribution is 6.35. The van der Waals surface area contributed by atoms with Crippen molar-refractivity contribution in [2.75, 3.05) is 0 Å². The van der Waals surface area contributed by atoms with E-state index in [-0.39, 0.29) is 12.1 Å². The maximum atomic E-state index is 10.6. The molecule has 2 N–H and O–H groups in total. The molecule has 0 spiro atoms. The maximum Gasteiger partial charge on any atom is 0.309 e. The van der Waals surface area contributed by atoms with Crippen LogP contribution in [0.15, 0.2) is 0 Å². The standard InChI is InChI=1S/C6H10N2O2/c1-3-4(2)8-6(10)5(9)7-3/h3-4H,1-2H3,(H,7,9)(H,8,10)/t3-,4+. The third-order valence-electron chi connectivity index (χ3n) is 1.67. The van der Waals surface area contributed by atoms with Crippen LogP contribution in [-0.4, -0.2) is 23.9 Å². The fourth-order valence-electron chi connectivity index (χ4n) is 0.795. The predicted octanol–water partition coefficient (Wildman–Crippen LogP) is -0.991. The second kappa shape index (κ2) is 2.28. The first-order valence-electron chi connectivity index (χ1n) is 3.22. The molecule has 1 aliphatic rings. The van der Waals surface area contributed by atoms with E-state index in [0.717, 1.165) is 0 Å². The minimum Gasteiger partial charge on any atom is -0.343 e. The van der Waals surface area contributed by atoms with E-state index >= 15 is 0 Å². The number of carbonyl (C=O) groups is 2. The zero-order valence-corrected chi connectivity index (χ0v) is 5.97. The molecule has 0 bridgehead atoms. The van der Waals surface area contributed by atoms with Crippen LogP contribution in [0, 0.1) is 0 Å². The van der Waals surface area contributed by atoms with Gasteiger partial charge in [-0.15, -0.1) is 0 Å². The summed E-state index contributed by atoms with van der Waals surface area (Å²) in [6.07, 6.45) is 0. The minimum atomic E-state index is -0.536. The van der Waals surface area contributed by atoms with Crippen LogP contribution >= 0.6 is 0 Å². The van der Waals surface area contributed by atoms with Crippen molar-refractivity contribution in [1.29, 1.82) is 0 Å². The lowest BCUT2D eigenvalue weighted by Crippen LogP contribution is -2.59. The molecule has 0 radical (unpaired) electrons. The number of amides is 2. The largest absolute Gasteiger partial charge is 0.343 e. The van der Waals surface area contributed by atoms with Gasteiger partial charge in [0, 0.05) is 12.1 Å². The molecule has 1 fully saturated rings. The van der Waals surface area contributed by atoms with Crippen LogP contribution in [0.25, 0.3) is 0 Å². The van der Waals surface area contributed by atoms with Gasteiger partial charge in [0.2, 0.25) is 0 Å². The lowest BCUT2D eigenvalue weighted by Gasteiger charge is -2.26. The molecule has 1 rings (SSSR count). The molecule has 1 heterocycles. The minimum absolute atomic E-state index is 0.0326. The Bertz CT molecular complexity index is 159. The smallest absolute Gasteiger partial charge is 0.309 e. The van der Waals surface area contributed by atoms with E-state index in [1.807, 2.05) is 13.8 Å². The molecule has 10 heavy (non-hydrogen) atoms. The number of nitrogens with one attached hydrogen (secondary N) is 2. The third kappa shape index (κ3) is 1.10. The summed E-state index contributed by atoms with van der Waals surface area (Å²) < 4.78 is 0. The summed E-state index contributed by atoms with van der Waals surface area (Å²) in [5.74, 6) is -1.07. The van der Waals surface area contributed by atoms with Crippen molar-refractivity contribution < 1.29 is 9.59 Å². The van der Waals surface area contributed by atoms with E-state index in [1.165, 1.54) is 0 Å². The van der Waals surface area contributed by atoms with Gasteiger partial charge in [0.15, 0.2) is 0 Å². The zero-order valence-electron chi connectivity index (χ0n) is 5.97. The van der Waals surface area contributed by atoms with Gasteiger partial charge in [-0.3, -0.25) is 9.59 Å². The van der Waals surface area contributed by atoms with Gasteiger partial charge in [-0.05, 0) is 13.8 Å². The quantitative estimate of drug-likeness (QED) is 0.427. The topological polar surface area (TPSA) is 58.2 Å². The van der Waals surface area contributed by atoms with Crippen molar-refractivity contribution in [1.82, 2.24) is 10.6 Å². The Labute approximate surface area is 59.0 Å². The van der Waals surface area contributed by atoms with E-state index < -0.39 is 11.8 Å². The average Bonchev–Trinajstić information content (AvgIpc) is 1.84. The van der Waals surface area contributed by atoms with E-state index in [0.29, 0.717) is 0 Å². The van der Waals surface area contributed by atoms with Gasteiger partial charge >= 0.3 is 11.8 Å². The van der Waals surface area contributed by atoms with Gasteiger partial charge in [-0.1, -0.05) is 0 Å². The van der Waals surface area contributed by atoms with Gasteiger partial charge in [0.05, 0.1) is 0 Å². The van der Waals surface area contributed by atoms with Gasteiger partial charge in [-0.25, -0.2) is 0 Å². The van der Waals surface area contributed by atoms with E-state index in [9.17, 15) is 9.59 Å². The van der Waals surface area contributed by atoms with Crippen molar-refractivity contribution in [3.05, 3.63) is 0 Å². The third-order valence-corrected chi connectivity index (χ3v) is 1.67. The molecule has 56 valence electrons. The summed E-state index contributed by atoms with van der Waals surface area (Å²) in [6, 6.07) is 0.0652. The molecule has 2 amide bonds. The predicted molar refractivity (Wildman–Crippen MR) is 35.2 cm³/mol. The Hall–Kier alpha value is -1.06. The Morgan fingerprint density at radius 1 is 1.00 bits per heavy atom. The molecule has 0 aliphatic carbocycles. The Balaban J connectivity index is 2.63. The van der Waals surface area contributed by atoms with Crippen molar-refractivity contribution in [3.8, 4) is 0 Å². The highest BCUT2D eigenvalue weighted by Gasteiger charge is 2.27. The molecule has 4 nitrogen and oxygen atoms in total. The van der Waals surface area contributed by atoms with Crippen LogP contribution in [0.5, 0.6) is 0 Å².